The van der Waals surface area contributed by atoms with Crippen molar-refractivity contribution in [2.75, 3.05) is 0 Å². The molecule has 34 heavy (non-hydrogen) atoms. The monoisotopic (exact) mass is 466 g/mol. The van der Waals surface area contributed by atoms with E-state index in [0.29, 0.717) is 17.6 Å². The number of unbranched alkanes of at least 4 members (excludes halogenated alkanes) is 3. The molecule has 2 heterocycles. The van der Waals surface area contributed by atoms with Crippen LogP contribution in [-0.2, 0) is 0 Å². The molecule has 0 saturated heterocycles. The van der Waals surface area contributed by atoms with Gasteiger partial charge in [-0.25, -0.2) is 13.9 Å². The van der Waals surface area contributed by atoms with Crippen LogP contribution in [0.5, 0.6) is 5.75 Å². The van der Waals surface area contributed by atoms with Gasteiger partial charge in [0.15, 0.2) is 23.5 Å². The van der Waals surface area contributed by atoms with Gasteiger partial charge in [0.1, 0.15) is 5.69 Å². The minimum Gasteiger partial charge on any atom is -0.504 e. The van der Waals surface area contributed by atoms with Crippen LogP contribution in [0.4, 0.5) is 4.39 Å². The number of aromatic hydroxyl groups is 1. The fourth-order valence-electron chi connectivity index (χ4n) is 4.36. The summed E-state index contributed by atoms with van der Waals surface area (Å²) in [5.41, 5.74) is 1.86. The zero-order chi connectivity index (χ0) is 24.2. The fraction of sp³-hybridized carbons (Fsp3) is 0.462. The second-order valence-corrected chi connectivity index (χ2v) is 9.20. The van der Waals surface area contributed by atoms with Crippen molar-refractivity contribution in [3.8, 4) is 17.0 Å². The molecule has 1 fully saturated rings. The Morgan fingerprint density at radius 1 is 1.29 bits per heavy atom. The highest BCUT2D eigenvalue weighted by atomic mass is 19.1. The van der Waals surface area contributed by atoms with Crippen LogP contribution in [0.3, 0.4) is 0 Å². The first-order valence-corrected chi connectivity index (χ1v) is 12.1. The molecule has 4 rings (SSSR count). The molecule has 0 unspecified atom stereocenters. The molecule has 7 nitrogen and oxygen atoms in total. The van der Waals surface area contributed by atoms with Gasteiger partial charge in [-0.3, -0.25) is 9.59 Å². The van der Waals surface area contributed by atoms with Crippen LogP contribution >= 0.6 is 0 Å². The van der Waals surface area contributed by atoms with Gasteiger partial charge in [0.2, 0.25) is 0 Å². The average Bonchev–Trinajstić information content (AvgIpc) is 3.21. The van der Waals surface area contributed by atoms with E-state index in [2.05, 4.69) is 22.3 Å². The lowest BCUT2D eigenvalue weighted by Gasteiger charge is -2.26. The van der Waals surface area contributed by atoms with Gasteiger partial charge in [0, 0.05) is 29.3 Å². The van der Waals surface area contributed by atoms with Crippen LogP contribution in [0.2, 0.25) is 0 Å². The van der Waals surface area contributed by atoms with Gasteiger partial charge in [-0.2, -0.15) is 5.10 Å². The normalized spacial score (nSPS) is 14.7. The number of phenols is 1. The number of nitrogens with zero attached hydrogens (tertiary/aromatic N) is 3. The van der Waals surface area contributed by atoms with Gasteiger partial charge in [0.25, 0.3) is 5.91 Å². The van der Waals surface area contributed by atoms with Crippen LogP contribution in [-0.4, -0.2) is 37.9 Å². The van der Waals surface area contributed by atoms with Gasteiger partial charge in [-0.05, 0) is 44.4 Å². The lowest BCUT2D eigenvalue weighted by atomic mass is 9.82. The molecule has 0 radical (unpaired) electrons. The minimum atomic E-state index is -0.909. The van der Waals surface area contributed by atoms with Crippen molar-refractivity contribution >= 4 is 17.8 Å². The Labute approximate surface area is 198 Å². The number of aldehydes is 1. The zero-order valence-electron chi connectivity index (χ0n) is 19.7. The van der Waals surface area contributed by atoms with Crippen molar-refractivity contribution in [2.24, 2.45) is 0 Å². The second-order valence-electron chi connectivity index (χ2n) is 9.20. The maximum atomic E-state index is 14.8. The van der Waals surface area contributed by atoms with Crippen LogP contribution in [0.1, 0.15) is 97.7 Å². The lowest BCUT2D eigenvalue weighted by molar-refractivity contribution is 0.0932. The molecule has 0 aliphatic heterocycles. The molecule has 1 saturated carbocycles. The molecule has 2 aromatic heterocycles. The molecule has 1 amide bonds. The van der Waals surface area contributed by atoms with E-state index in [4.69, 9.17) is 0 Å². The first kappa shape index (κ1) is 23.9. The summed E-state index contributed by atoms with van der Waals surface area (Å²) in [6.07, 6.45) is 9.01. The molecule has 1 aromatic carbocycles. The number of aromatic nitrogens is 3. The van der Waals surface area contributed by atoms with E-state index in [1.54, 1.807) is 16.6 Å². The van der Waals surface area contributed by atoms with E-state index in [9.17, 15) is 19.1 Å². The first-order chi connectivity index (χ1) is 16.4. The molecule has 180 valence electrons. The molecule has 1 aliphatic rings. The Hall–Kier alpha value is -3.29. The van der Waals surface area contributed by atoms with Crippen molar-refractivity contribution in [1.29, 1.82) is 0 Å². The number of rotatable bonds is 10. The summed E-state index contributed by atoms with van der Waals surface area (Å²) in [7, 11) is 0. The maximum absolute atomic E-state index is 14.8. The Morgan fingerprint density at radius 3 is 2.76 bits per heavy atom. The van der Waals surface area contributed by atoms with Crippen molar-refractivity contribution in [1.82, 2.24) is 19.9 Å². The van der Waals surface area contributed by atoms with Gasteiger partial charge >= 0.3 is 0 Å². The summed E-state index contributed by atoms with van der Waals surface area (Å²) in [5.74, 6) is -1.59. The highest BCUT2D eigenvalue weighted by Crippen LogP contribution is 2.37. The molecule has 1 atom stereocenters. The second kappa shape index (κ2) is 10.3. The zero-order valence-corrected chi connectivity index (χ0v) is 19.7. The minimum absolute atomic E-state index is 0.0448. The average molecular weight is 467 g/mol. The van der Waals surface area contributed by atoms with Crippen molar-refractivity contribution in [2.45, 2.75) is 77.2 Å². The third kappa shape index (κ3) is 4.81. The smallest absolute Gasteiger partial charge is 0.270 e. The van der Waals surface area contributed by atoms with Crippen LogP contribution in [0.15, 0.2) is 24.3 Å². The highest BCUT2D eigenvalue weighted by molar-refractivity contribution is 5.93. The first-order valence-electron chi connectivity index (χ1n) is 12.1. The number of phenolic OH excluding ortho intramolecular Hbond substituents is 1. The number of hydrogen-bond donors (Lipinski definition) is 2. The van der Waals surface area contributed by atoms with E-state index in [0.717, 1.165) is 44.2 Å². The number of benzene rings is 1. The number of hydrogen-bond acceptors (Lipinski definition) is 5. The maximum Gasteiger partial charge on any atom is 0.270 e. The summed E-state index contributed by atoms with van der Waals surface area (Å²) < 4.78 is 16.4. The van der Waals surface area contributed by atoms with Gasteiger partial charge < -0.3 is 10.4 Å². The molecule has 3 aromatic rings. The Morgan fingerprint density at radius 2 is 2.09 bits per heavy atom. The molecule has 0 spiro atoms. The number of halogens is 1. The number of nitrogens with one attached hydrogen (secondary N) is 1. The van der Waals surface area contributed by atoms with Gasteiger partial charge in [-0.15, -0.1) is 0 Å². The Balaban J connectivity index is 1.65. The molecule has 2 N–H and O–H groups in total. The molecular formula is C26H31FN4O3. The molecule has 1 aliphatic carbocycles. The lowest BCUT2D eigenvalue weighted by Crippen LogP contribution is -2.33. The van der Waals surface area contributed by atoms with Crippen molar-refractivity contribution < 1.29 is 19.1 Å². The Kier molecular flexibility index (Phi) is 7.24. The van der Waals surface area contributed by atoms with E-state index < -0.39 is 11.6 Å². The predicted molar refractivity (Wildman–Crippen MR) is 128 cm³/mol. The van der Waals surface area contributed by atoms with Crippen LogP contribution in [0.25, 0.3) is 16.9 Å². The van der Waals surface area contributed by atoms with Gasteiger partial charge in [-0.1, -0.05) is 39.0 Å². The summed E-state index contributed by atoms with van der Waals surface area (Å²) in [4.78, 5) is 28.5. The molecule has 0 bridgehead atoms. The molecule has 8 heteroatoms. The van der Waals surface area contributed by atoms with Crippen molar-refractivity contribution in [3.05, 3.63) is 47.0 Å². The summed E-state index contributed by atoms with van der Waals surface area (Å²) in [6.45, 7) is 4.18. The third-order valence-electron chi connectivity index (χ3n) is 6.63. The summed E-state index contributed by atoms with van der Waals surface area (Å²) in [6, 6.07) is 6.20. The summed E-state index contributed by atoms with van der Waals surface area (Å²) in [5, 5.41) is 17.6. The van der Waals surface area contributed by atoms with E-state index in [1.807, 2.05) is 6.92 Å². The summed E-state index contributed by atoms with van der Waals surface area (Å²) >= 11 is 0. The van der Waals surface area contributed by atoms with Crippen LogP contribution in [0, 0.1) is 5.82 Å². The standard InChI is InChI=1S/C26H31FN4O3/c1-3-4-5-6-8-16(2)28-26(34)21-13-22(17-9-7-10-17)31-23(29-21)14-20(30-31)19-12-11-18(15-32)25(33)24(19)27/h11-17,33H,3-10H2,1-2H3,(H,28,34)/t16-/m1/s1. The highest BCUT2D eigenvalue weighted by Gasteiger charge is 2.26. The van der Waals surface area contributed by atoms with E-state index in [-0.39, 0.29) is 34.7 Å². The van der Waals surface area contributed by atoms with Crippen LogP contribution < -0.4 is 5.32 Å². The number of carbonyl (C=O) groups is 2. The number of fused-ring (bicyclic) bond motifs is 1. The van der Waals surface area contributed by atoms with E-state index >= 15 is 0 Å². The number of carbonyl (C=O) groups excluding carboxylic acids is 2. The Bertz CT molecular complexity index is 1200. The quantitative estimate of drug-likeness (QED) is 0.308. The topological polar surface area (TPSA) is 96.6 Å². The SMILES string of the molecule is CCCCCC[C@@H](C)NC(=O)c1cc(C2CCC2)n2nc(-c3ccc(C=O)c(O)c3F)cc2n1. The van der Waals surface area contributed by atoms with E-state index in [1.165, 1.54) is 25.0 Å². The van der Waals surface area contributed by atoms with Crippen molar-refractivity contribution in [3.63, 3.8) is 0 Å². The third-order valence-corrected chi connectivity index (χ3v) is 6.63. The number of amides is 1. The predicted octanol–water partition coefficient (Wildman–Crippen LogP) is 5.41. The van der Waals surface area contributed by atoms with Gasteiger partial charge in [0.05, 0.1) is 11.3 Å². The molecular weight excluding hydrogens is 435 g/mol. The largest absolute Gasteiger partial charge is 0.504 e. The fourth-order valence-corrected chi connectivity index (χ4v) is 4.36.